The summed E-state index contributed by atoms with van der Waals surface area (Å²) in [5, 5.41) is 3.46. The molecular weight excluding hydrogens is 248 g/mol. The Morgan fingerprint density at radius 3 is 2.47 bits per heavy atom. The third-order valence-corrected chi connectivity index (χ3v) is 3.31. The average molecular weight is 272 g/mol. The van der Waals surface area contributed by atoms with Gasteiger partial charge in [-0.2, -0.15) is 0 Å². The largest absolute Gasteiger partial charge is 0.444 e. The Bertz CT molecular complexity index is 325. The smallest absolute Gasteiger partial charge is 0.410 e. The number of carbonyl (C=O) groups excluding carboxylic acids is 1. The van der Waals surface area contributed by atoms with Crippen LogP contribution in [-0.4, -0.2) is 68.2 Å². The van der Waals surface area contributed by atoms with E-state index in [1.165, 1.54) is 0 Å². The summed E-state index contributed by atoms with van der Waals surface area (Å²) in [7, 11) is 1.68. The van der Waals surface area contributed by atoms with Crippen molar-refractivity contribution >= 4 is 6.09 Å². The highest BCUT2D eigenvalue weighted by atomic mass is 16.6. The van der Waals surface area contributed by atoms with Crippen molar-refractivity contribution in [1.29, 1.82) is 0 Å². The molecule has 0 bridgehead atoms. The van der Waals surface area contributed by atoms with E-state index in [0.717, 1.165) is 13.2 Å². The van der Waals surface area contributed by atoms with Gasteiger partial charge in [-0.3, -0.25) is 0 Å². The minimum absolute atomic E-state index is 0.00752. The first-order valence-electron chi connectivity index (χ1n) is 6.73. The van der Waals surface area contributed by atoms with E-state index < -0.39 is 5.60 Å². The maximum absolute atomic E-state index is 12.0. The Balaban J connectivity index is 1.88. The van der Waals surface area contributed by atoms with Crippen LogP contribution in [0.3, 0.4) is 0 Å². The maximum atomic E-state index is 12.0. The van der Waals surface area contributed by atoms with Crippen LogP contribution in [0.2, 0.25) is 0 Å². The van der Waals surface area contributed by atoms with E-state index >= 15 is 0 Å². The summed E-state index contributed by atoms with van der Waals surface area (Å²) in [4.78, 5) is 13.7. The topological polar surface area (TPSA) is 60.0 Å². The number of hydrogen-bond acceptors (Lipinski definition) is 5. The molecule has 2 rings (SSSR count). The lowest BCUT2D eigenvalue weighted by Gasteiger charge is -2.31. The van der Waals surface area contributed by atoms with Crippen molar-refractivity contribution in [2.75, 3.05) is 33.4 Å². The molecule has 2 fully saturated rings. The Morgan fingerprint density at radius 1 is 1.32 bits per heavy atom. The van der Waals surface area contributed by atoms with Crippen LogP contribution in [0.15, 0.2) is 0 Å². The second-order valence-corrected chi connectivity index (χ2v) is 6.17. The van der Waals surface area contributed by atoms with E-state index in [1.54, 1.807) is 12.0 Å². The third kappa shape index (κ3) is 3.81. The van der Waals surface area contributed by atoms with Gasteiger partial charge < -0.3 is 24.4 Å². The molecule has 2 aliphatic rings. The monoisotopic (exact) mass is 272 g/mol. The Labute approximate surface area is 114 Å². The van der Waals surface area contributed by atoms with Gasteiger partial charge in [0, 0.05) is 13.7 Å². The standard InChI is InChI=1S/C13H24N2O4/c1-13(2,3)19-12(16)15-5-10(11(6-15)17-4)14-9-7-18-8-9/h9-11,14H,5-8H2,1-4H3/t10?,11-/m0/s1. The highest BCUT2D eigenvalue weighted by Crippen LogP contribution is 2.18. The number of likely N-dealkylation sites (tertiary alicyclic amines) is 1. The summed E-state index contributed by atoms with van der Waals surface area (Å²) in [6.07, 6.45) is -0.267. The Kier molecular flexibility index (Phi) is 4.32. The molecule has 0 aliphatic carbocycles. The molecule has 19 heavy (non-hydrogen) atoms. The number of rotatable bonds is 3. The van der Waals surface area contributed by atoms with Gasteiger partial charge in [0.1, 0.15) is 5.60 Å². The molecule has 110 valence electrons. The highest BCUT2D eigenvalue weighted by Gasteiger charge is 2.39. The lowest BCUT2D eigenvalue weighted by atomic mass is 10.1. The minimum atomic E-state index is -0.465. The second-order valence-electron chi connectivity index (χ2n) is 6.17. The quantitative estimate of drug-likeness (QED) is 0.815. The van der Waals surface area contributed by atoms with E-state index in [9.17, 15) is 4.79 Å². The second kappa shape index (κ2) is 5.64. The molecule has 0 saturated carbocycles. The van der Waals surface area contributed by atoms with E-state index in [2.05, 4.69) is 5.32 Å². The lowest BCUT2D eigenvalue weighted by molar-refractivity contribution is -0.0183. The van der Waals surface area contributed by atoms with Crippen molar-refractivity contribution in [3.63, 3.8) is 0 Å². The molecule has 0 aromatic rings. The van der Waals surface area contributed by atoms with Gasteiger partial charge in [-0.1, -0.05) is 0 Å². The minimum Gasteiger partial charge on any atom is -0.444 e. The molecule has 0 aromatic carbocycles. The Morgan fingerprint density at radius 2 is 2.00 bits per heavy atom. The summed E-state index contributed by atoms with van der Waals surface area (Å²) in [6.45, 7) is 8.27. The zero-order valence-corrected chi connectivity index (χ0v) is 12.1. The van der Waals surface area contributed by atoms with E-state index in [-0.39, 0.29) is 18.2 Å². The highest BCUT2D eigenvalue weighted by molar-refractivity contribution is 5.68. The maximum Gasteiger partial charge on any atom is 0.410 e. The Hall–Kier alpha value is -0.850. The molecule has 2 atom stereocenters. The number of carbonyl (C=O) groups is 1. The van der Waals surface area contributed by atoms with Crippen molar-refractivity contribution in [3.8, 4) is 0 Å². The van der Waals surface area contributed by atoms with Crippen LogP contribution in [0.1, 0.15) is 20.8 Å². The molecule has 0 spiro atoms. The average Bonchev–Trinajstić information content (AvgIpc) is 2.64. The van der Waals surface area contributed by atoms with Crippen molar-refractivity contribution in [2.24, 2.45) is 0 Å². The number of nitrogens with one attached hydrogen (secondary N) is 1. The molecule has 2 heterocycles. The molecule has 6 nitrogen and oxygen atoms in total. The number of methoxy groups -OCH3 is 1. The van der Waals surface area contributed by atoms with Crippen molar-refractivity contribution in [1.82, 2.24) is 10.2 Å². The molecular formula is C13H24N2O4. The van der Waals surface area contributed by atoms with Gasteiger partial charge in [-0.05, 0) is 20.8 Å². The lowest BCUT2D eigenvalue weighted by Crippen LogP contribution is -2.54. The fraction of sp³-hybridized carbons (Fsp3) is 0.923. The van der Waals surface area contributed by atoms with Crippen LogP contribution in [0.25, 0.3) is 0 Å². The number of nitrogens with zero attached hydrogens (tertiary/aromatic N) is 1. The van der Waals surface area contributed by atoms with Crippen LogP contribution < -0.4 is 5.32 Å². The van der Waals surface area contributed by atoms with Gasteiger partial charge in [0.05, 0.1) is 37.9 Å². The molecule has 6 heteroatoms. The van der Waals surface area contributed by atoms with Crippen molar-refractivity contribution in [2.45, 2.75) is 44.6 Å². The van der Waals surface area contributed by atoms with Gasteiger partial charge in [-0.15, -0.1) is 0 Å². The number of amides is 1. The molecule has 2 saturated heterocycles. The van der Waals surface area contributed by atoms with Crippen molar-refractivity contribution in [3.05, 3.63) is 0 Å². The molecule has 0 radical (unpaired) electrons. The van der Waals surface area contributed by atoms with Crippen LogP contribution in [0, 0.1) is 0 Å². The summed E-state index contributed by atoms with van der Waals surface area (Å²) in [5.74, 6) is 0. The van der Waals surface area contributed by atoms with E-state index in [4.69, 9.17) is 14.2 Å². The first-order valence-corrected chi connectivity index (χ1v) is 6.73. The van der Waals surface area contributed by atoms with Gasteiger partial charge in [0.2, 0.25) is 0 Å². The summed E-state index contributed by atoms with van der Waals surface area (Å²) in [5.41, 5.74) is -0.465. The molecule has 1 N–H and O–H groups in total. The molecule has 0 aromatic heterocycles. The number of ether oxygens (including phenoxy) is 3. The summed E-state index contributed by atoms with van der Waals surface area (Å²) < 4.78 is 16.0. The SMILES string of the molecule is CO[C@H]1CN(C(=O)OC(C)(C)C)CC1NC1COC1. The van der Waals surface area contributed by atoms with Gasteiger partial charge in [-0.25, -0.2) is 4.79 Å². The fourth-order valence-electron chi connectivity index (χ4n) is 2.28. The van der Waals surface area contributed by atoms with Crippen molar-refractivity contribution < 1.29 is 19.0 Å². The van der Waals surface area contributed by atoms with Gasteiger partial charge >= 0.3 is 6.09 Å². The molecule has 1 amide bonds. The van der Waals surface area contributed by atoms with Crippen LogP contribution in [0.4, 0.5) is 4.79 Å². The normalized spacial score (nSPS) is 28.3. The van der Waals surface area contributed by atoms with Gasteiger partial charge in [0.25, 0.3) is 0 Å². The van der Waals surface area contributed by atoms with Crippen LogP contribution in [0.5, 0.6) is 0 Å². The predicted octanol–water partition coefficient (Wildman–Crippen LogP) is 0.609. The van der Waals surface area contributed by atoms with E-state index in [0.29, 0.717) is 19.1 Å². The zero-order valence-electron chi connectivity index (χ0n) is 12.1. The summed E-state index contributed by atoms with van der Waals surface area (Å²) >= 11 is 0. The predicted molar refractivity (Wildman–Crippen MR) is 70.1 cm³/mol. The van der Waals surface area contributed by atoms with E-state index in [1.807, 2.05) is 20.8 Å². The molecule has 2 aliphatic heterocycles. The first-order chi connectivity index (χ1) is 8.89. The third-order valence-electron chi connectivity index (χ3n) is 3.31. The van der Waals surface area contributed by atoms with Gasteiger partial charge in [0.15, 0.2) is 0 Å². The van der Waals surface area contributed by atoms with Crippen LogP contribution >= 0.6 is 0 Å². The number of hydrogen-bond donors (Lipinski definition) is 1. The fourth-order valence-corrected chi connectivity index (χ4v) is 2.28. The molecule has 1 unspecified atom stereocenters. The zero-order chi connectivity index (χ0) is 14.0. The van der Waals surface area contributed by atoms with Crippen LogP contribution in [-0.2, 0) is 14.2 Å². The summed E-state index contributed by atoms with van der Waals surface area (Å²) in [6, 6.07) is 0.521. The first kappa shape index (κ1) is 14.6.